The van der Waals surface area contributed by atoms with E-state index < -0.39 is 6.04 Å². The zero-order valence-electron chi connectivity index (χ0n) is 10.7. The van der Waals surface area contributed by atoms with Crippen molar-refractivity contribution in [2.24, 2.45) is 5.73 Å². The summed E-state index contributed by atoms with van der Waals surface area (Å²) < 4.78 is 6.77. The molecule has 7 heteroatoms. The second kappa shape index (κ2) is 8.14. The second-order valence-electron chi connectivity index (χ2n) is 3.84. The lowest BCUT2D eigenvalue weighted by molar-refractivity contribution is -0.117. The summed E-state index contributed by atoms with van der Waals surface area (Å²) in [5.41, 5.74) is 6.46. The van der Waals surface area contributed by atoms with Gasteiger partial charge < -0.3 is 15.8 Å². The molecule has 0 radical (unpaired) electrons. The minimum Gasteiger partial charge on any atom is -0.495 e. The number of amides is 1. The van der Waals surface area contributed by atoms with Crippen LogP contribution in [0.1, 0.15) is 6.42 Å². The monoisotopic (exact) mass is 410 g/mol. The van der Waals surface area contributed by atoms with Gasteiger partial charge in [0.05, 0.1) is 23.3 Å². The lowest BCUT2D eigenvalue weighted by Gasteiger charge is -2.14. The summed E-state index contributed by atoms with van der Waals surface area (Å²) in [6, 6.07) is 3.06. The fraction of sp³-hybridized carbons (Fsp3) is 0.417. The minimum atomic E-state index is -0.506. The number of benzene rings is 1. The number of halogens is 2. The van der Waals surface area contributed by atoms with Gasteiger partial charge in [-0.25, -0.2) is 0 Å². The van der Waals surface area contributed by atoms with Crippen LogP contribution in [0.2, 0.25) is 0 Å². The average molecular weight is 412 g/mol. The fourth-order valence-electron chi connectivity index (χ4n) is 1.38. The number of thioether (sulfide) groups is 1. The largest absolute Gasteiger partial charge is 0.495 e. The quantitative estimate of drug-likeness (QED) is 0.754. The molecule has 1 rings (SSSR count). The Labute approximate surface area is 134 Å². The number of anilines is 1. The molecule has 3 N–H and O–H groups in total. The van der Waals surface area contributed by atoms with Gasteiger partial charge >= 0.3 is 0 Å². The Morgan fingerprint density at radius 3 is 2.74 bits per heavy atom. The molecule has 1 aromatic carbocycles. The Bertz CT molecular complexity index is 458. The maximum atomic E-state index is 11.9. The standard InChI is InChI=1S/C12H16Br2N2O2S/c1-18-11-6-10(7(13)5-8(11)14)16-12(17)9(15)3-4-19-2/h5-6,9H,3-4,15H2,1-2H3,(H,16,17)/t9-/m0/s1. The number of hydrogen-bond donors (Lipinski definition) is 2. The molecule has 0 spiro atoms. The molecule has 0 heterocycles. The van der Waals surface area contributed by atoms with E-state index in [-0.39, 0.29) is 5.91 Å². The number of ether oxygens (including phenoxy) is 1. The molecule has 0 saturated carbocycles. The molecule has 1 aromatic rings. The van der Waals surface area contributed by atoms with Crippen LogP contribution in [-0.2, 0) is 4.79 Å². The average Bonchev–Trinajstić information content (AvgIpc) is 2.38. The molecule has 1 atom stereocenters. The maximum absolute atomic E-state index is 11.9. The van der Waals surface area contributed by atoms with Crippen molar-refractivity contribution in [1.29, 1.82) is 0 Å². The molecule has 106 valence electrons. The highest BCUT2D eigenvalue weighted by molar-refractivity contribution is 9.11. The molecule has 4 nitrogen and oxygen atoms in total. The zero-order valence-corrected chi connectivity index (χ0v) is 14.7. The van der Waals surface area contributed by atoms with Gasteiger partial charge in [-0.3, -0.25) is 4.79 Å². The van der Waals surface area contributed by atoms with Crippen LogP contribution in [0.15, 0.2) is 21.1 Å². The van der Waals surface area contributed by atoms with Crippen molar-refractivity contribution in [3.63, 3.8) is 0 Å². The van der Waals surface area contributed by atoms with Crippen LogP contribution in [0.5, 0.6) is 5.75 Å². The molecule has 0 aromatic heterocycles. The highest BCUT2D eigenvalue weighted by atomic mass is 79.9. The summed E-state index contributed by atoms with van der Waals surface area (Å²) in [5, 5.41) is 2.80. The van der Waals surface area contributed by atoms with Crippen LogP contribution in [0.3, 0.4) is 0 Å². The van der Waals surface area contributed by atoms with Crippen molar-refractivity contribution in [2.75, 3.05) is 24.4 Å². The number of carbonyl (C=O) groups is 1. The lowest BCUT2D eigenvalue weighted by atomic mass is 10.2. The van der Waals surface area contributed by atoms with Crippen molar-refractivity contribution in [3.8, 4) is 5.75 Å². The summed E-state index contributed by atoms with van der Waals surface area (Å²) in [7, 11) is 1.57. The first-order valence-electron chi connectivity index (χ1n) is 5.58. The lowest BCUT2D eigenvalue weighted by Crippen LogP contribution is -2.36. The SMILES string of the molecule is COc1cc(NC(=O)[C@@H](N)CCSC)c(Br)cc1Br. The van der Waals surface area contributed by atoms with E-state index in [1.165, 1.54) is 0 Å². The first-order valence-corrected chi connectivity index (χ1v) is 8.56. The van der Waals surface area contributed by atoms with Crippen molar-refractivity contribution in [2.45, 2.75) is 12.5 Å². The smallest absolute Gasteiger partial charge is 0.241 e. The van der Waals surface area contributed by atoms with Crippen LogP contribution < -0.4 is 15.8 Å². The predicted molar refractivity (Wildman–Crippen MR) is 88.0 cm³/mol. The third kappa shape index (κ3) is 4.98. The van der Waals surface area contributed by atoms with Gasteiger partial charge in [0.15, 0.2) is 0 Å². The Morgan fingerprint density at radius 1 is 1.47 bits per heavy atom. The minimum absolute atomic E-state index is 0.195. The van der Waals surface area contributed by atoms with Gasteiger partial charge in [0.2, 0.25) is 5.91 Å². The number of carbonyl (C=O) groups excluding carboxylic acids is 1. The summed E-state index contributed by atoms with van der Waals surface area (Å²) in [6.07, 6.45) is 2.64. The molecule has 19 heavy (non-hydrogen) atoms. The van der Waals surface area contributed by atoms with Gasteiger partial charge in [0.25, 0.3) is 0 Å². The predicted octanol–water partition coefficient (Wildman–Crippen LogP) is 3.24. The summed E-state index contributed by atoms with van der Waals surface area (Å²) >= 11 is 8.44. The summed E-state index contributed by atoms with van der Waals surface area (Å²) in [4.78, 5) is 11.9. The van der Waals surface area contributed by atoms with Crippen molar-refractivity contribution in [1.82, 2.24) is 0 Å². The first-order chi connectivity index (χ1) is 8.99. The third-order valence-electron chi connectivity index (χ3n) is 2.47. The van der Waals surface area contributed by atoms with Crippen molar-refractivity contribution in [3.05, 3.63) is 21.1 Å². The molecule has 0 aliphatic carbocycles. The normalized spacial score (nSPS) is 12.1. The number of rotatable bonds is 6. The summed E-state index contributed by atoms with van der Waals surface area (Å²) in [6.45, 7) is 0. The van der Waals surface area contributed by atoms with Gasteiger partial charge in [-0.05, 0) is 56.4 Å². The Kier molecular flexibility index (Phi) is 7.20. The van der Waals surface area contributed by atoms with Gasteiger partial charge in [0, 0.05) is 10.5 Å². The Morgan fingerprint density at radius 2 is 2.16 bits per heavy atom. The Balaban J connectivity index is 2.78. The maximum Gasteiger partial charge on any atom is 0.241 e. The molecule has 0 saturated heterocycles. The molecule has 0 unspecified atom stereocenters. The van der Waals surface area contributed by atoms with Crippen LogP contribution >= 0.6 is 43.6 Å². The Hall–Kier alpha value is -0.240. The van der Waals surface area contributed by atoms with E-state index in [9.17, 15) is 4.79 Å². The van der Waals surface area contributed by atoms with Gasteiger partial charge in [-0.1, -0.05) is 0 Å². The van der Waals surface area contributed by atoms with E-state index in [0.717, 1.165) is 14.7 Å². The van der Waals surface area contributed by atoms with Gasteiger partial charge in [0.1, 0.15) is 5.75 Å². The number of nitrogens with one attached hydrogen (secondary N) is 1. The molecular weight excluding hydrogens is 396 g/mol. The molecule has 0 aliphatic rings. The molecule has 0 aliphatic heterocycles. The van der Waals surface area contributed by atoms with E-state index >= 15 is 0 Å². The van der Waals surface area contributed by atoms with E-state index in [2.05, 4.69) is 37.2 Å². The molecule has 1 amide bonds. The van der Waals surface area contributed by atoms with Crippen LogP contribution in [0.25, 0.3) is 0 Å². The fourth-order valence-corrected chi connectivity index (χ4v) is 3.13. The second-order valence-corrected chi connectivity index (χ2v) is 6.54. The topological polar surface area (TPSA) is 64.3 Å². The van der Waals surface area contributed by atoms with Crippen LogP contribution in [0, 0.1) is 0 Å². The van der Waals surface area contributed by atoms with Gasteiger partial charge in [-0.2, -0.15) is 11.8 Å². The zero-order chi connectivity index (χ0) is 14.4. The number of nitrogens with two attached hydrogens (primary N) is 1. The van der Waals surface area contributed by atoms with Crippen molar-refractivity contribution >= 4 is 55.2 Å². The molecular formula is C12H16Br2N2O2S. The van der Waals surface area contributed by atoms with Gasteiger partial charge in [-0.15, -0.1) is 0 Å². The van der Waals surface area contributed by atoms with E-state index in [4.69, 9.17) is 10.5 Å². The van der Waals surface area contributed by atoms with E-state index in [1.54, 1.807) is 24.9 Å². The molecule has 0 bridgehead atoms. The summed E-state index contributed by atoms with van der Waals surface area (Å²) in [5.74, 6) is 1.31. The van der Waals surface area contributed by atoms with E-state index in [1.807, 2.05) is 12.3 Å². The van der Waals surface area contributed by atoms with E-state index in [0.29, 0.717) is 17.9 Å². The van der Waals surface area contributed by atoms with Crippen LogP contribution in [-0.4, -0.2) is 31.1 Å². The highest BCUT2D eigenvalue weighted by Crippen LogP contribution is 2.34. The first kappa shape index (κ1) is 16.8. The van der Waals surface area contributed by atoms with Crippen molar-refractivity contribution < 1.29 is 9.53 Å². The number of methoxy groups -OCH3 is 1. The molecule has 0 fully saturated rings. The number of hydrogen-bond acceptors (Lipinski definition) is 4. The highest BCUT2D eigenvalue weighted by Gasteiger charge is 2.15. The third-order valence-corrected chi connectivity index (χ3v) is 4.39. The van der Waals surface area contributed by atoms with Crippen LogP contribution in [0.4, 0.5) is 5.69 Å².